The first kappa shape index (κ1) is 10.0. The predicted molar refractivity (Wildman–Crippen MR) is 54.2 cm³/mol. The van der Waals surface area contributed by atoms with Crippen LogP contribution in [0.3, 0.4) is 0 Å². The molecule has 0 aromatic heterocycles. The molecule has 1 aromatic rings. The van der Waals surface area contributed by atoms with Gasteiger partial charge in [0.1, 0.15) is 0 Å². The molecule has 0 aliphatic heterocycles. The minimum absolute atomic E-state index is 0.367. The summed E-state index contributed by atoms with van der Waals surface area (Å²) in [6, 6.07) is 4.95. The lowest BCUT2D eigenvalue weighted by atomic mass is 10.4. The van der Waals surface area contributed by atoms with E-state index in [1.807, 2.05) is 0 Å². The summed E-state index contributed by atoms with van der Waals surface area (Å²) in [5.74, 6) is 0. The average molecular weight is 269 g/mol. The maximum absolute atomic E-state index is 11.3. The van der Waals surface area contributed by atoms with Crippen LogP contribution < -0.4 is 0 Å². The van der Waals surface area contributed by atoms with Gasteiger partial charge in [0.05, 0.1) is 19.6 Å². The summed E-state index contributed by atoms with van der Waals surface area (Å²) in [4.78, 5) is 0.382. The summed E-state index contributed by atoms with van der Waals surface area (Å²) in [6.45, 7) is 0. The van der Waals surface area contributed by atoms with Crippen LogP contribution in [0.4, 0.5) is 0 Å². The molecule has 2 nitrogen and oxygen atoms in total. The van der Waals surface area contributed by atoms with Gasteiger partial charge in [-0.15, -0.1) is 0 Å². The fourth-order valence-electron chi connectivity index (χ4n) is 0.791. The Labute approximate surface area is 85.0 Å². The highest BCUT2D eigenvalue weighted by Crippen LogP contribution is 2.25. The van der Waals surface area contributed by atoms with E-state index >= 15 is 0 Å². The van der Waals surface area contributed by atoms with Gasteiger partial charge in [0, 0.05) is 10.7 Å². The maximum atomic E-state index is 11.3. The molecule has 0 aliphatic carbocycles. The first-order chi connectivity index (χ1) is 5.41. The van der Waals surface area contributed by atoms with Crippen molar-refractivity contribution in [3.05, 3.63) is 27.7 Å². The Bertz CT molecular complexity index is 402. The minimum atomic E-state index is -2.70. The molecule has 1 N–H and O–H groups in total. The molecule has 0 bridgehead atoms. The second-order valence-corrected chi connectivity index (χ2v) is 5.87. The van der Waals surface area contributed by atoms with Gasteiger partial charge in [-0.3, -0.25) is 0 Å². The average Bonchev–Trinajstić information content (AvgIpc) is 1.83. The number of hydrogen-bond acceptors (Lipinski definition) is 2. The zero-order valence-electron chi connectivity index (χ0n) is 6.30. The largest absolute Gasteiger partial charge is 0.249 e. The number of halogens is 2. The molecule has 1 unspecified atom stereocenters. The van der Waals surface area contributed by atoms with E-state index in [1.54, 1.807) is 18.2 Å². The molecule has 0 fully saturated rings. The third-order valence-electron chi connectivity index (χ3n) is 1.31. The molecule has 1 atom stereocenters. The summed E-state index contributed by atoms with van der Waals surface area (Å²) < 4.78 is 19.4. The maximum Gasteiger partial charge on any atom is 0.0711 e. The van der Waals surface area contributed by atoms with Crippen molar-refractivity contribution in [3.8, 4) is 0 Å². The van der Waals surface area contributed by atoms with E-state index in [4.69, 9.17) is 16.4 Å². The SMILES string of the molecule is CS(=N)(=O)c1ccc(Br)cc1Cl. The van der Waals surface area contributed by atoms with Crippen molar-refractivity contribution in [1.29, 1.82) is 4.78 Å². The van der Waals surface area contributed by atoms with Gasteiger partial charge in [-0.2, -0.15) is 0 Å². The second kappa shape index (κ2) is 3.36. The van der Waals surface area contributed by atoms with Gasteiger partial charge in [-0.05, 0) is 18.2 Å². The number of benzene rings is 1. The van der Waals surface area contributed by atoms with Crippen LogP contribution in [0.2, 0.25) is 5.02 Å². The molecule has 0 saturated carbocycles. The topological polar surface area (TPSA) is 40.9 Å². The molecule has 0 aliphatic rings. The summed E-state index contributed by atoms with van der Waals surface area (Å²) in [6.07, 6.45) is 1.35. The zero-order valence-corrected chi connectivity index (χ0v) is 9.46. The predicted octanol–water partition coefficient (Wildman–Crippen LogP) is 3.14. The van der Waals surface area contributed by atoms with Crippen molar-refractivity contribution >= 4 is 37.3 Å². The molecule has 0 radical (unpaired) electrons. The Morgan fingerprint density at radius 1 is 1.58 bits per heavy atom. The molecule has 66 valence electrons. The molecule has 0 heterocycles. The Kier molecular flexibility index (Phi) is 2.81. The Morgan fingerprint density at radius 3 is 2.58 bits per heavy atom. The van der Waals surface area contributed by atoms with Crippen molar-refractivity contribution in [2.24, 2.45) is 0 Å². The molecular weight excluding hydrogens is 262 g/mol. The van der Waals surface area contributed by atoms with Crippen LogP contribution in [0, 0.1) is 4.78 Å². The summed E-state index contributed by atoms with van der Waals surface area (Å²) in [5, 5.41) is 0.367. The smallest absolute Gasteiger partial charge is 0.0711 e. The molecule has 0 spiro atoms. The second-order valence-electron chi connectivity index (χ2n) is 2.42. The van der Waals surface area contributed by atoms with Crippen LogP contribution in [-0.2, 0) is 9.73 Å². The zero-order chi connectivity index (χ0) is 9.35. The van der Waals surface area contributed by atoms with Gasteiger partial charge < -0.3 is 0 Å². The lowest BCUT2D eigenvalue weighted by Crippen LogP contribution is -1.95. The fourth-order valence-corrected chi connectivity index (χ4v) is 2.66. The summed E-state index contributed by atoms with van der Waals surface area (Å²) in [7, 11) is -2.70. The molecule has 0 amide bonds. The normalized spacial score (nSPS) is 15.6. The third kappa shape index (κ3) is 2.21. The standard InChI is InChI=1S/C7H7BrClNOS/c1-12(10,11)7-3-2-5(8)4-6(7)9/h2-4,10H,1H3. The third-order valence-corrected chi connectivity index (χ3v) is 3.43. The molecule has 12 heavy (non-hydrogen) atoms. The van der Waals surface area contributed by atoms with Gasteiger partial charge in [0.2, 0.25) is 0 Å². The van der Waals surface area contributed by atoms with E-state index in [1.165, 1.54) is 6.26 Å². The van der Waals surface area contributed by atoms with Crippen LogP contribution in [0.25, 0.3) is 0 Å². The number of rotatable bonds is 1. The lowest BCUT2D eigenvalue weighted by molar-refractivity contribution is 0.679. The van der Waals surface area contributed by atoms with Crippen LogP contribution in [0.15, 0.2) is 27.6 Å². The van der Waals surface area contributed by atoms with Crippen molar-refractivity contribution in [2.45, 2.75) is 4.90 Å². The van der Waals surface area contributed by atoms with E-state index in [9.17, 15) is 4.21 Å². The summed E-state index contributed by atoms with van der Waals surface area (Å²) in [5.41, 5.74) is 0. The number of nitrogens with one attached hydrogen (secondary N) is 1. The minimum Gasteiger partial charge on any atom is -0.249 e. The monoisotopic (exact) mass is 267 g/mol. The number of hydrogen-bond donors (Lipinski definition) is 1. The van der Waals surface area contributed by atoms with Crippen molar-refractivity contribution in [3.63, 3.8) is 0 Å². The Balaban J connectivity index is 3.39. The van der Waals surface area contributed by atoms with E-state index in [-0.39, 0.29) is 0 Å². The van der Waals surface area contributed by atoms with Gasteiger partial charge in [-0.25, -0.2) is 8.99 Å². The summed E-state index contributed by atoms with van der Waals surface area (Å²) >= 11 is 9.01. The molecule has 0 saturated heterocycles. The van der Waals surface area contributed by atoms with E-state index in [0.717, 1.165) is 4.47 Å². The molecular formula is C7H7BrClNOS. The van der Waals surface area contributed by atoms with Crippen molar-refractivity contribution in [1.82, 2.24) is 0 Å². The fraction of sp³-hybridized carbons (Fsp3) is 0.143. The van der Waals surface area contributed by atoms with Crippen LogP contribution in [0.1, 0.15) is 0 Å². The van der Waals surface area contributed by atoms with Crippen LogP contribution in [-0.4, -0.2) is 10.5 Å². The Hall–Kier alpha value is -0.0600. The highest BCUT2D eigenvalue weighted by atomic mass is 79.9. The first-order valence-corrected chi connectivity index (χ1v) is 6.24. The lowest BCUT2D eigenvalue weighted by Gasteiger charge is -2.03. The van der Waals surface area contributed by atoms with Crippen LogP contribution >= 0.6 is 27.5 Å². The van der Waals surface area contributed by atoms with Crippen molar-refractivity contribution < 1.29 is 4.21 Å². The molecule has 1 aromatic carbocycles. The van der Waals surface area contributed by atoms with E-state index < -0.39 is 9.73 Å². The highest BCUT2D eigenvalue weighted by Gasteiger charge is 2.07. The van der Waals surface area contributed by atoms with Gasteiger partial charge in [0.25, 0.3) is 0 Å². The van der Waals surface area contributed by atoms with Crippen molar-refractivity contribution in [2.75, 3.05) is 6.26 Å². The van der Waals surface area contributed by atoms with Gasteiger partial charge >= 0.3 is 0 Å². The molecule has 5 heteroatoms. The van der Waals surface area contributed by atoms with Gasteiger partial charge in [0.15, 0.2) is 0 Å². The van der Waals surface area contributed by atoms with E-state index in [2.05, 4.69) is 15.9 Å². The van der Waals surface area contributed by atoms with Gasteiger partial charge in [-0.1, -0.05) is 27.5 Å². The van der Waals surface area contributed by atoms with Crippen LogP contribution in [0.5, 0.6) is 0 Å². The molecule has 1 rings (SSSR count). The highest BCUT2D eigenvalue weighted by molar-refractivity contribution is 9.10. The quantitative estimate of drug-likeness (QED) is 0.835. The first-order valence-electron chi connectivity index (χ1n) is 3.10. The Morgan fingerprint density at radius 2 is 2.17 bits per heavy atom. The van der Waals surface area contributed by atoms with E-state index in [0.29, 0.717) is 9.92 Å².